The number of benzene rings is 1. The van der Waals surface area contributed by atoms with Gasteiger partial charge in [0.25, 0.3) is 5.91 Å². The Hall–Kier alpha value is -0.900. The molecular formula is C12H15BrFNO. The van der Waals surface area contributed by atoms with Crippen LogP contribution < -0.4 is 5.32 Å². The predicted molar refractivity (Wildman–Crippen MR) is 66.5 cm³/mol. The van der Waals surface area contributed by atoms with Crippen molar-refractivity contribution >= 4 is 21.8 Å². The lowest BCUT2D eigenvalue weighted by molar-refractivity contribution is 0.0939. The second-order valence-corrected chi connectivity index (χ2v) is 4.61. The number of alkyl halides is 1. The van der Waals surface area contributed by atoms with E-state index in [4.69, 9.17) is 0 Å². The Kier molecular flexibility index (Phi) is 4.93. The molecule has 1 aromatic rings. The second kappa shape index (κ2) is 5.99. The number of rotatable bonds is 4. The van der Waals surface area contributed by atoms with Gasteiger partial charge in [-0.2, -0.15) is 0 Å². The van der Waals surface area contributed by atoms with Crippen molar-refractivity contribution in [1.82, 2.24) is 5.32 Å². The van der Waals surface area contributed by atoms with Gasteiger partial charge in [0, 0.05) is 16.9 Å². The minimum Gasteiger partial charge on any atom is -0.350 e. The summed E-state index contributed by atoms with van der Waals surface area (Å²) in [5.74, 6) is -0.576. The van der Waals surface area contributed by atoms with E-state index in [1.54, 1.807) is 19.1 Å². The molecule has 0 saturated carbocycles. The Balaban J connectivity index is 2.69. The van der Waals surface area contributed by atoms with Gasteiger partial charge in [0.15, 0.2) is 0 Å². The van der Waals surface area contributed by atoms with Crippen LogP contribution in [0.4, 0.5) is 4.39 Å². The third-order valence-corrected chi connectivity index (χ3v) is 2.81. The van der Waals surface area contributed by atoms with Crippen molar-refractivity contribution in [3.8, 4) is 0 Å². The molecule has 1 amide bonds. The van der Waals surface area contributed by atoms with E-state index in [0.29, 0.717) is 11.1 Å². The Morgan fingerprint density at radius 3 is 2.81 bits per heavy atom. The average molecular weight is 288 g/mol. The van der Waals surface area contributed by atoms with E-state index in [1.165, 1.54) is 6.07 Å². The first-order valence-electron chi connectivity index (χ1n) is 5.17. The molecule has 0 aliphatic rings. The molecule has 0 aliphatic carbocycles. The average Bonchev–Trinajstić information content (AvgIpc) is 2.22. The molecule has 2 nitrogen and oxygen atoms in total. The van der Waals surface area contributed by atoms with E-state index in [2.05, 4.69) is 21.2 Å². The minimum atomic E-state index is -0.346. The van der Waals surface area contributed by atoms with Crippen LogP contribution in [-0.2, 0) is 0 Å². The molecule has 1 N–H and O–H groups in total. The van der Waals surface area contributed by atoms with Gasteiger partial charge in [0.1, 0.15) is 5.82 Å². The third kappa shape index (κ3) is 3.59. The van der Waals surface area contributed by atoms with Crippen molar-refractivity contribution < 1.29 is 9.18 Å². The highest BCUT2D eigenvalue weighted by Gasteiger charge is 2.10. The molecule has 0 bridgehead atoms. The highest BCUT2D eigenvalue weighted by Crippen LogP contribution is 2.09. The monoisotopic (exact) mass is 287 g/mol. The zero-order valence-electron chi connectivity index (χ0n) is 9.39. The number of carbonyl (C=O) groups excluding carboxylic acids is 1. The van der Waals surface area contributed by atoms with Crippen molar-refractivity contribution in [3.05, 3.63) is 35.1 Å². The maximum atomic E-state index is 13.2. The van der Waals surface area contributed by atoms with Crippen molar-refractivity contribution in [2.24, 2.45) is 0 Å². The summed E-state index contributed by atoms with van der Waals surface area (Å²) in [5, 5.41) is 3.64. The van der Waals surface area contributed by atoms with Gasteiger partial charge < -0.3 is 5.32 Å². The molecule has 0 heterocycles. The topological polar surface area (TPSA) is 29.1 Å². The van der Waals surface area contributed by atoms with E-state index in [0.717, 1.165) is 11.8 Å². The van der Waals surface area contributed by atoms with Crippen molar-refractivity contribution in [1.29, 1.82) is 0 Å². The molecule has 0 spiro atoms. The molecule has 0 saturated heterocycles. The molecule has 88 valence electrons. The number of halogens is 2. The summed E-state index contributed by atoms with van der Waals surface area (Å²) in [6.45, 7) is 3.59. The van der Waals surface area contributed by atoms with Gasteiger partial charge in [-0.05, 0) is 38.0 Å². The molecule has 1 unspecified atom stereocenters. The molecule has 1 atom stereocenters. The van der Waals surface area contributed by atoms with Gasteiger partial charge in [-0.1, -0.05) is 22.0 Å². The zero-order chi connectivity index (χ0) is 12.1. The number of hydrogen-bond acceptors (Lipinski definition) is 1. The molecule has 0 fully saturated rings. The van der Waals surface area contributed by atoms with Crippen LogP contribution in [0, 0.1) is 12.7 Å². The first-order valence-corrected chi connectivity index (χ1v) is 6.29. The summed E-state index contributed by atoms with van der Waals surface area (Å²) in [7, 11) is 0. The fourth-order valence-corrected chi connectivity index (χ4v) is 1.96. The van der Waals surface area contributed by atoms with Gasteiger partial charge in [-0.25, -0.2) is 4.39 Å². The van der Waals surface area contributed by atoms with Crippen molar-refractivity contribution in [2.45, 2.75) is 26.3 Å². The summed E-state index contributed by atoms with van der Waals surface area (Å²) in [4.78, 5) is 11.7. The quantitative estimate of drug-likeness (QED) is 0.848. The molecular weight excluding hydrogens is 273 g/mol. The lowest BCUT2D eigenvalue weighted by Gasteiger charge is -2.12. The van der Waals surface area contributed by atoms with Crippen molar-refractivity contribution in [2.75, 3.05) is 5.33 Å². The summed E-state index contributed by atoms with van der Waals surface area (Å²) < 4.78 is 13.2. The van der Waals surface area contributed by atoms with Gasteiger partial charge in [-0.3, -0.25) is 4.79 Å². The van der Waals surface area contributed by atoms with Crippen LogP contribution in [0.25, 0.3) is 0 Å². The summed E-state index contributed by atoms with van der Waals surface area (Å²) in [6, 6.07) is 4.59. The van der Waals surface area contributed by atoms with Gasteiger partial charge >= 0.3 is 0 Å². The number of nitrogens with one attached hydrogen (secondary N) is 1. The first-order chi connectivity index (χ1) is 7.54. The first kappa shape index (κ1) is 13.2. The van der Waals surface area contributed by atoms with Crippen LogP contribution in [0.3, 0.4) is 0 Å². The van der Waals surface area contributed by atoms with E-state index in [-0.39, 0.29) is 17.8 Å². The highest BCUT2D eigenvalue weighted by molar-refractivity contribution is 9.09. The van der Waals surface area contributed by atoms with Crippen LogP contribution in [0.5, 0.6) is 0 Å². The SMILES string of the molecule is Cc1ccc(C(=O)NC(C)CCBr)cc1F. The van der Waals surface area contributed by atoms with Gasteiger partial charge in [0.05, 0.1) is 0 Å². The van der Waals surface area contributed by atoms with Crippen LogP contribution in [0.2, 0.25) is 0 Å². The molecule has 0 aliphatic heterocycles. The van der Waals surface area contributed by atoms with Gasteiger partial charge in [0.2, 0.25) is 0 Å². The largest absolute Gasteiger partial charge is 0.350 e. The standard InChI is InChI=1S/C12H15BrFNO/c1-8-3-4-10(7-11(8)14)12(16)15-9(2)5-6-13/h3-4,7,9H,5-6H2,1-2H3,(H,15,16). The molecule has 1 rings (SSSR count). The molecule has 0 radical (unpaired) electrons. The van der Waals surface area contributed by atoms with Crippen LogP contribution >= 0.6 is 15.9 Å². The van der Waals surface area contributed by atoms with E-state index >= 15 is 0 Å². The zero-order valence-corrected chi connectivity index (χ0v) is 11.0. The Morgan fingerprint density at radius 2 is 2.25 bits per heavy atom. The van der Waals surface area contributed by atoms with Gasteiger partial charge in [-0.15, -0.1) is 0 Å². The lowest BCUT2D eigenvalue weighted by Crippen LogP contribution is -2.32. The highest BCUT2D eigenvalue weighted by atomic mass is 79.9. The van der Waals surface area contributed by atoms with Crippen LogP contribution in [-0.4, -0.2) is 17.3 Å². The Bertz CT molecular complexity index is 381. The van der Waals surface area contributed by atoms with Crippen molar-refractivity contribution in [3.63, 3.8) is 0 Å². The Morgan fingerprint density at radius 1 is 1.56 bits per heavy atom. The smallest absolute Gasteiger partial charge is 0.251 e. The fourth-order valence-electron chi connectivity index (χ4n) is 1.28. The Labute approximate surface area is 103 Å². The minimum absolute atomic E-state index is 0.0799. The number of aryl methyl sites for hydroxylation is 1. The number of hydrogen-bond donors (Lipinski definition) is 1. The van der Waals surface area contributed by atoms with Crippen LogP contribution in [0.1, 0.15) is 29.3 Å². The molecule has 4 heteroatoms. The second-order valence-electron chi connectivity index (χ2n) is 3.82. The maximum Gasteiger partial charge on any atom is 0.251 e. The van der Waals surface area contributed by atoms with Crippen LogP contribution in [0.15, 0.2) is 18.2 Å². The lowest BCUT2D eigenvalue weighted by atomic mass is 10.1. The normalized spacial score (nSPS) is 12.2. The summed E-state index contributed by atoms with van der Waals surface area (Å²) >= 11 is 3.31. The third-order valence-electron chi connectivity index (χ3n) is 2.35. The van der Waals surface area contributed by atoms with E-state index in [1.807, 2.05) is 6.92 Å². The number of carbonyl (C=O) groups is 1. The van der Waals surface area contributed by atoms with E-state index < -0.39 is 0 Å². The summed E-state index contributed by atoms with van der Waals surface area (Å²) in [5.41, 5.74) is 0.912. The molecule has 16 heavy (non-hydrogen) atoms. The molecule has 1 aromatic carbocycles. The predicted octanol–water partition coefficient (Wildman–Crippen LogP) is 3.04. The fraction of sp³-hybridized carbons (Fsp3) is 0.417. The van der Waals surface area contributed by atoms with E-state index in [9.17, 15) is 9.18 Å². The summed E-state index contributed by atoms with van der Waals surface area (Å²) in [6.07, 6.45) is 0.847. The number of amides is 1. The molecule has 0 aromatic heterocycles. The maximum absolute atomic E-state index is 13.2.